The Morgan fingerprint density at radius 3 is 2.29 bits per heavy atom. The smallest absolute Gasteiger partial charge is 0.228 e. The minimum atomic E-state index is -0.490. The lowest BCUT2D eigenvalue weighted by Gasteiger charge is -2.15. The summed E-state index contributed by atoms with van der Waals surface area (Å²) >= 11 is 0. The zero-order valence-electron chi connectivity index (χ0n) is 9.43. The zero-order chi connectivity index (χ0) is 12.4. The Kier molecular flexibility index (Phi) is 2.91. The van der Waals surface area contributed by atoms with Crippen LogP contribution in [-0.4, -0.2) is 16.7 Å². The predicted octanol–water partition coefficient (Wildman–Crippen LogP) is 2.84. The first-order valence-electron chi connectivity index (χ1n) is 5.45. The van der Waals surface area contributed by atoms with Crippen LogP contribution in [0.2, 0.25) is 0 Å². The molecule has 0 amide bonds. The van der Waals surface area contributed by atoms with Crippen LogP contribution in [0.25, 0.3) is 0 Å². The van der Waals surface area contributed by atoms with Crippen LogP contribution in [0.15, 0.2) is 47.7 Å². The van der Waals surface area contributed by atoms with Crippen molar-refractivity contribution in [2.45, 2.75) is 13.3 Å². The van der Waals surface area contributed by atoms with Gasteiger partial charge in [0.25, 0.3) is 0 Å². The van der Waals surface area contributed by atoms with E-state index in [2.05, 4.69) is 0 Å². The van der Waals surface area contributed by atoms with Crippen LogP contribution >= 0.6 is 0 Å². The minimum Gasteiger partial charge on any atom is -0.504 e. The third-order valence-corrected chi connectivity index (χ3v) is 2.65. The molecule has 1 aliphatic carbocycles. The van der Waals surface area contributed by atoms with Crippen LogP contribution in [0.3, 0.4) is 0 Å². The number of hydrogen-bond acceptors (Lipinski definition) is 3. The lowest BCUT2D eigenvalue weighted by molar-refractivity contribution is 0.0932. The molecular weight excluding hydrogens is 216 g/mol. The maximum absolute atomic E-state index is 12.1. The Bertz CT molecular complexity index is 550. The average Bonchev–Trinajstić information content (AvgIpc) is 2.36. The molecule has 0 heterocycles. The highest BCUT2D eigenvalue weighted by Crippen LogP contribution is 2.25. The molecule has 1 N–H and O–H groups in total. The molecule has 0 atom stereocenters. The van der Waals surface area contributed by atoms with Gasteiger partial charge in [0, 0.05) is 11.1 Å². The summed E-state index contributed by atoms with van der Waals surface area (Å²) in [6.07, 6.45) is 3.98. The largest absolute Gasteiger partial charge is 0.504 e. The molecule has 3 heteroatoms. The van der Waals surface area contributed by atoms with Crippen LogP contribution in [0.1, 0.15) is 34.1 Å². The highest BCUT2D eigenvalue weighted by atomic mass is 16.3. The van der Waals surface area contributed by atoms with Crippen LogP contribution in [0.5, 0.6) is 0 Å². The maximum Gasteiger partial charge on any atom is 0.228 e. The SMILES string of the molecule is CC/C=C/C1=C(O)C(=O)c2ccccc2C1=O. The second-order valence-electron chi connectivity index (χ2n) is 3.78. The Labute approximate surface area is 99.1 Å². The normalized spacial score (nSPS) is 15.6. The maximum atomic E-state index is 12.1. The molecule has 2 rings (SSSR count). The minimum absolute atomic E-state index is 0.0792. The monoisotopic (exact) mass is 228 g/mol. The molecule has 0 saturated heterocycles. The second-order valence-corrected chi connectivity index (χ2v) is 3.78. The van der Waals surface area contributed by atoms with E-state index in [0.29, 0.717) is 5.56 Å². The van der Waals surface area contributed by atoms with Gasteiger partial charge in [-0.05, 0) is 6.42 Å². The number of hydrogen-bond donors (Lipinski definition) is 1. The van der Waals surface area contributed by atoms with E-state index in [4.69, 9.17) is 0 Å². The number of ketones is 2. The molecule has 0 saturated carbocycles. The number of carbonyl (C=O) groups excluding carboxylic acids is 2. The number of aliphatic hydroxyl groups is 1. The van der Waals surface area contributed by atoms with E-state index in [1.54, 1.807) is 30.3 Å². The molecule has 1 aromatic rings. The number of benzene rings is 1. The van der Waals surface area contributed by atoms with Crippen molar-refractivity contribution < 1.29 is 14.7 Å². The van der Waals surface area contributed by atoms with E-state index in [-0.39, 0.29) is 16.9 Å². The van der Waals surface area contributed by atoms with Gasteiger partial charge in [0.1, 0.15) is 0 Å². The van der Waals surface area contributed by atoms with Crippen molar-refractivity contribution in [1.82, 2.24) is 0 Å². The first-order valence-corrected chi connectivity index (χ1v) is 5.45. The summed E-state index contributed by atoms with van der Waals surface area (Å²) in [6, 6.07) is 6.52. The predicted molar refractivity (Wildman–Crippen MR) is 64.2 cm³/mol. The lowest BCUT2D eigenvalue weighted by Crippen LogP contribution is -2.21. The van der Waals surface area contributed by atoms with Crippen LogP contribution in [-0.2, 0) is 0 Å². The fourth-order valence-corrected chi connectivity index (χ4v) is 1.77. The Balaban J connectivity index is 2.58. The molecule has 0 aliphatic heterocycles. The van der Waals surface area contributed by atoms with Gasteiger partial charge in [0.15, 0.2) is 11.5 Å². The highest BCUT2D eigenvalue weighted by molar-refractivity contribution is 6.26. The molecule has 3 nitrogen and oxygen atoms in total. The summed E-state index contributed by atoms with van der Waals surface area (Å²) in [5, 5.41) is 9.74. The Morgan fingerprint density at radius 2 is 1.71 bits per heavy atom. The first-order chi connectivity index (χ1) is 8.16. The highest BCUT2D eigenvalue weighted by Gasteiger charge is 2.30. The van der Waals surface area contributed by atoms with E-state index in [1.807, 2.05) is 6.92 Å². The van der Waals surface area contributed by atoms with E-state index in [1.165, 1.54) is 6.08 Å². The number of allylic oxidation sites excluding steroid dienone is 4. The molecule has 0 spiro atoms. The molecule has 0 bridgehead atoms. The van der Waals surface area contributed by atoms with Gasteiger partial charge in [-0.2, -0.15) is 0 Å². The molecule has 0 fully saturated rings. The van der Waals surface area contributed by atoms with Crippen molar-refractivity contribution >= 4 is 11.6 Å². The van der Waals surface area contributed by atoms with Crippen LogP contribution in [0.4, 0.5) is 0 Å². The first kappa shape index (κ1) is 11.3. The van der Waals surface area contributed by atoms with Gasteiger partial charge in [-0.15, -0.1) is 0 Å². The number of carbonyl (C=O) groups is 2. The number of aliphatic hydroxyl groups excluding tert-OH is 1. The number of Topliss-reactive ketones (excluding diaryl/α,β-unsaturated/α-hetero) is 2. The van der Waals surface area contributed by atoms with Gasteiger partial charge < -0.3 is 5.11 Å². The quantitative estimate of drug-likeness (QED) is 0.846. The van der Waals surface area contributed by atoms with Gasteiger partial charge in [-0.25, -0.2) is 0 Å². The lowest BCUT2D eigenvalue weighted by atomic mass is 9.88. The number of fused-ring (bicyclic) bond motifs is 1. The molecule has 1 aliphatic rings. The van der Waals surface area contributed by atoms with E-state index < -0.39 is 11.5 Å². The fourth-order valence-electron chi connectivity index (χ4n) is 1.77. The molecule has 17 heavy (non-hydrogen) atoms. The van der Waals surface area contributed by atoms with Crippen LogP contribution in [0, 0.1) is 0 Å². The third kappa shape index (κ3) is 1.80. The van der Waals surface area contributed by atoms with Crippen molar-refractivity contribution in [3.8, 4) is 0 Å². The zero-order valence-corrected chi connectivity index (χ0v) is 9.43. The Hall–Kier alpha value is -2.16. The van der Waals surface area contributed by atoms with Crippen molar-refractivity contribution in [2.75, 3.05) is 0 Å². The van der Waals surface area contributed by atoms with Crippen molar-refractivity contribution in [3.05, 3.63) is 58.9 Å². The summed E-state index contributed by atoms with van der Waals surface area (Å²) < 4.78 is 0. The van der Waals surface area contributed by atoms with Crippen molar-refractivity contribution in [1.29, 1.82) is 0 Å². The van der Waals surface area contributed by atoms with Gasteiger partial charge in [-0.1, -0.05) is 43.3 Å². The topological polar surface area (TPSA) is 54.4 Å². The van der Waals surface area contributed by atoms with Gasteiger partial charge in [-0.3, -0.25) is 9.59 Å². The molecule has 1 aromatic carbocycles. The molecule has 0 aromatic heterocycles. The summed E-state index contributed by atoms with van der Waals surface area (Å²) in [4.78, 5) is 23.9. The molecule has 0 radical (unpaired) electrons. The fraction of sp³-hybridized carbons (Fsp3) is 0.143. The van der Waals surface area contributed by atoms with Crippen molar-refractivity contribution in [2.24, 2.45) is 0 Å². The van der Waals surface area contributed by atoms with Gasteiger partial charge in [0.2, 0.25) is 5.78 Å². The molecular formula is C14H12O3. The van der Waals surface area contributed by atoms with Crippen LogP contribution < -0.4 is 0 Å². The average molecular weight is 228 g/mol. The third-order valence-electron chi connectivity index (χ3n) is 2.65. The standard InChI is InChI=1S/C14H12O3/c1-2-3-6-11-12(15)9-7-4-5-8-10(9)13(16)14(11)17/h3-8,17H,2H2,1H3/b6-3+. The van der Waals surface area contributed by atoms with Gasteiger partial charge >= 0.3 is 0 Å². The second kappa shape index (κ2) is 4.37. The summed E-state index contributed by atoms with van der Waals surface area (Å²) in [6.45, 7) is 1.91. The van der Waals surface area contributed by atoms with E-state index >= 15 is 0 Å². The Morgan fingerprint density at radius 1 is 1.12 bits per heavy atom. The summed E-state index contributed by atoms with van der Waals surface area (Å²) in [5.41, 5.74) is 0.699. The van der Waals surface area contributed by atoms with Gasteiger partial charge in [0.05, 0.1) is 5.57 Å². The van der Waals surface area contributed by atoms with E-state index in [9.17, 15) is 14.7 Å². The summed E-state index contributed by atoms with van der Waals surface area (Å²) in [5.74, 6) is -1.25. The summed E-state index contributed by atoms with van der Waals surface area (Å²) in [7, 11) is 0. The van der Waals surface area contributed by atoms with E-state index in [0.717, 1.165) is 6.42 Å². The molecule has 0 unspecified atom stereocenters. The molecule has 86 valence electrons. The number of rotatable bonds is 2. The van der Waals surface area contributed by atoms with Crippen molar-refractivity contribution in [3.63, 3.8) is 0 Å².